The Morgan fingerprint density at radius 1 is 1.21 bits per heavy atom. The molecule has 34 heavy (non-hydrogen) atoms. The quantitative estimate of drug-likeness (QED) is 0.614. The van der Waals surface area contributed by atoms with Gasteiger partial charge >= 0.3 is 5.97 Å². The maximum absolute atomic E-state index is 15.3. The molecule has 0 radical (unpaired) electrons. The van der Waals surface area contributed by atoms with Crippen molar-refractivity contribution in [1.29, 1.82) is 0 Å². The lowest BCUT2D eigenvalue weighted by atomic mass is 9.86. The van der Waals surface area contributed by atoms with Crippen LogP contribution in [0.5, 0.6) is 0 Å². The lowest BCUT2D eigenvalue weighted by Crippen LogP contribution is -2.53. The fraction of sp³-hybridized carbons (Fsp3) is 0.500. The van der Waals surface area contributed by atoms with Gasteiger partial charge in [0.05, 0.1) is 16.8 Å². The van der Waals surface area contributed by atoms with Crippen molar-refractivity contribution in [3.05, 3.63) is 40.5 Å². The van der Waals surface area contributed by atoms with Gasteiger partial charge in [-0.3, -0.25) is 9.59 Å². The first-order valence-electron chi connectivity index (χ1n) is 11.2. The van der Waals surface area contributed by atoms with Crippen molar-refractivity contribution in [2.24, 2.45) is 5.41 Å². The number of carboxylic acids is 1. The van der Waals surface area contributed by atoms with Crippen molar-refractivity contribution < 1.29 is 23.9 Å². The molecule has 0 bridgehead atoms. The van der Waals surface area contributed by atoms with Gasteiger partial charge in [0.15, 0.2) is 5.69 Å². The minimum absolute atomic E-state index is 0.00602. The van der Waals surface area contributed by atoms with Crippen molar-refractivity contribution in [2.45, 2.75) is 53.2 Å². The summed E-state index contributed by atoms with van der Waals surface area (Å²) in [6, 6.07) is 1.94. The lowest BCUT2D eigenvalue weighted by Gasteiger charge is -2.29. The predicted molar refractivity (Wildman–Crippen MR) is 125 cm³/mol. The van der Waals surface area contributed by atoms with Crippen LogP contribution < -0.4 is 10.6 Å². The van der Waals surface area contributed by atoms with Crippen LogP contribution in [0, 0.1) is 18.2 Å². The summed E-state index contributed by atoms with van der Waals surface area (Å²) >= 11 is 0. The van der Waals surface area contributed by atoms with Gasteiger partial charge in [-0.1, -0.05) is 20.8 Å². The Labute approximate surface area is 198 Å². The number of aromatic carboxylic acids is 1. The first-order valence-corrected chi connectivity index (χ1v) is 11.2. The van der Waals surface area contributed by atoms with Crippen LogP contribution in [0.1, 0.15) is 59.3 Å². The van der Waals surface area contributed by atoms with Gasteiger partial charge in [-0.25, -0.2) is 14.2 Å². The van der Waals surface area contributed by atoms with Gasteiger partial charge in [0.1, 0.15) is 17.7 Å². The Bertz CT molecular complexity index is 1140. The second kappa shape index (κ2) is 9.54. The number of rotatable bonds is 5. The molecule has 1 aliphatic rings. The van der Waals surface area contributed by atoms with E-state index in [2.05, 4.69) is 20.5 Å². The Morgan fingerprint density at radius 2 is 1.88 bits per heavy atom. The molecule has 2 aromatic rings. The van der Waals surface area contributed by atoms with Gasteiger partial charge in [0, 0.05) is 20.1 Å². The molecule has 1 aromatic heterocycles. The number of benzene rings is 1. The van der Waals surface area contributed by atoms with E-state index >= 15 is 4.39 Å². The molecule has 9 nitrogen and oxygen atoms in total. The average Bonchev–Trinajstić information content (AvgIpc) is 2.98. The topological polar surface area (TPSA) is 117 Å². The standard InChI is InChI=1S/C24H32FN5O4/c1-13-14(23(33)34)8-9-15(17(13)25)20-27-18(16-12-29(6)10-7-11-30(16)20)21(31)28-19(22(32)26-5)24(2,3)4/h8-9,19H,7,10-12H2,1-6H3,(H,26,32)(H,28,31)(H,33,34)/t19-/m1/s1. The molecule has 10 heteroatoms. The van der Waals surface area contributed by atoms with Crippen molar-refractivity contribution >= 4 is 17.8 Å². The van der Waals surface area contributed by atoms with Crippen LogP contribution in [-0.4, -0.2) is 64.0 Å². The second-order valence-electron chi connectivity index (χ2n) is 9.77. The minimum atomic E-state index is -1.21. The average molecular weight is 474 g/mol. The van der Waals surface area contributed by atoms with Crippen molar-refractivity contribution in [1.82, 2.24) is 25.1 Å². The predicted octanol–water partition coefficient (Wildman–Crippen LogP) is 2.42. The molecule has 2 amide bonds. The Balaban J connectivity index is 2.14. The molecule has 0 spiro atoms. The summed E-state index contributed by atoms with van der Waals surface area (Å²) in [5.41, 5.74) is 0.206. The molecule has 1 atom stereocenters. The summed E-state index contributed by atoms with van der Waals surface area (Å²) in [5, 5.41) is 14.7. The SMILES string of the molecule is CNC(=O)[C@@H](NC(=O)c1nc(-c2ccc(C(=O)O)c(C)c2F)n2c1CN(C)CCC2)C(C)(C)C. The van der Waals surface area contributed by atoms with Crippen LogP contribution >= 0.6 is 0 Å². The number of nitrogens with zero attached hydrogens (tertiary/aromatic N) is 3. The number of hydrogen-bond donors (Lipinski definition) is 3. The van der Waals surface area contributed by atoms with Gasteiger partial charge in [-0.05, 0) is 50.0 Å². The van der Waals surface area contributed by atoms with Gasteiger partial charge in [0.2, 0.25) is 5.91 Å². The summed E-state index contributed by atoms with van der Waals surface area (Å²) < 4.78 is 17.1. The van der Waals surface area contributed by atoms with E-state index < -0.39 is 29.2 Å². The zero-order chi connectivity index (χ0) is 25.4. The summed E-state index contributed by atoms with van der Waals surface area (Å²) in [7, 11) is 3.44. The molecular formula is C24H32FN5O4. The van der Waals surface area contributed by atoms with Crippen LogP contribution in [0.3, 0.4) is 0 Å². The van der Waals surface area contributed by atoms with Gasteiger partial charge in [0.25, 0.3) is 5.91 Å². The maximum atomic E-state index is 15.3. The summed E-state index contributed by atoms with van der Waals surface area (Å²) in [6.45, 7) is 8.68. The summed E-state index contributed by atoms with van der Waals surface area (Å²) in [6.07, 6.45) is 0.768. The van der Waals surface area contributed by atoms with Crippen molar-refractivity contribution in [3.8, 4) is 11.4 Å². The van der Waals surface area contributed by atoms with Crippen LogP contribution in [0.25, 0.3) is 11.4 Å². The van der Waals surface area contributed by atoms with Crippen LogP contribution in [0.4, 0.5) is 4.39 Å². The van der Waals surface area contributed by atoms with Gasteiger partial charge < -0.3 is 25.2 Å². The number of carbonyl (C=O) groups excluding carboxylic acids is 2. The molecule has 1 aliphatic heterocycles. The van der Waals surface area contributed by atoms with Crippen LogP contribution in [0.15, 0.2) is 12.1 Å². The fourth-order valence-corrected chi connectivity index (χ4v) is 4.22. The highest BCUT2D eigenvalue weighted by molar-refractivity contribution is 5.98. The number of carboxylic acid groups (broad SMARTS) is 1. The third kappa shape index (κ3) is 4.82. The van der Waals surface area contributed by atoms with E-state index in [1.807, 2.05) is 32.4 Å². The molecule has 0 saturated carbocycles. The van der Waals surface area contributed by atoms with E-state index in [1.54, 1.807) is 0 Å². The van der Waals surface area contributed by atoms with Gasteiger partial charge in [-0.15, -0.1) is 0 Å². The van der Waals surface area contributed by atoms with E-state index in [1.165, 1.54) is 26.1 Å². The molecule has 1 aromatic carbocycles. The zero-order valence-corrected chi connectivity index (χ0v) is 20.5. The third-order valence-corrected chi connectivity index (χ3v) is 6.14. The maximum Gasteiger partial charge on any atom is 0.336 e. The molecule has 3 N–H and O–H groups in total. The van der Waals surface area contributed by atoms with E-state index in [4.69, 9.17) is 0 Å². The monoisotopic (exact) mass is 473 g/mol. The largest absolute Gasteiger partial charge is 0.478 e. The highest BCUT2D eigenvalue weighted by Gasteiger charge is 2.35. The van der Waals surface area contributed by atoms with E-state index in [0.29, 0.717) is 18.8 Å². The smallest absolute Gasteiger partial charge is 0.336 e. The van der Waals surface area contributed by atoms with Crippen LogP contribution in [0.2, 0.25) is 0 Å². The summed E-state index contributed by atoms with van der Waals surface area (Å²) in [5.74, 6) is -2.48. The normalized spacial score (nSPS) is 15.3. The molecule has 2 heterocycles. The first kappa shape index (κ1) is 25.4. The van der Waals surface area contributed by atoms with Crippen molar-refractivity contribution in [2.75, 3.05) is 20.6 Å². The highest BCUT2D eigenvalue weighted by atomic mass is 19.1. The highest BCUT2D eigenvalue weighted by Crippen LogP contribution is 2.31. The van der Waals surface area contributed by atoms with E-state index in [9.17, 15) is 19.5 Å². The number of amides is 2. The molecular weight excluding hydrogens is 441 g/mol. The molecule has 0 fully saturated rings. The number of halogens is 1. The number of hydrogen-bond acceptors (Lipinski definition) is 5. The second-order valence-corrected chi connectivity index (χ2v) is 9.77. The number of imidazole rings is 1. The number of nitrogens with one attached hydrogen (secondary N) is 2. The minimum Gasteiger partial charge on any atom is -0.478 e. The Kier molecular flexibility index (Phi) is 7.11. The molecule has 0 saturated heterocycles. The van der Waals surface area contributed by atoms with Gasteiger partial charge in [-0.2, -0.15) is 0 Å². The zero-order valence-electron chi connectivity index (χ0n) is 20.5. The van der Waals surface area contributed by atoms with E-state index in [0.717, 1.165) is 13.0 Å². The fourth-order valence-electron chi connectivity index (χ4n) is 4.22. The molecule has 0 aliphatic carbocycles. The number of aromatic nitrogens is 2. The molecule has 3 rings (SSSR count). The first-order chi connectivity index (χ1) is 15.9. The van der Waals surface area contributed by atoms with E-state index in [-0.39, 0.29) is 34.1 Å². The Hall–Kier alpha value is -3.27. The molecule has 184 valence electrons. The van der Waals surface area contributed by atoms with Crippen molar-refractivity contribution in [3.63, 3.8) is 0 Å². The molecule has 0 unspecified atom stereocenters. The van der Waals surface area contributed by atoms with Crippen LogP contribution in [-0.2, 0) is 17.9 Å². The lowest BCUT2D eigenvalue weighted by molar-refractivity contribution is -0.124. The number of carbonyl (C=O) groups is 3. The Morgan fingerprint density at radius 3 is 2.47 bits per heavy atom. The summed E-state index contributed by atoms with van der Waals surface area (Å²) in [4.78, 5) is 43.9. The number of likely N-dealkylation sites (N-methyl/N-ethyl adjacent to an activating group) is 1. The third-order valence-electron chi connectivity index (χ3n) is 6.14. The number of fused-ring (bicyclic) bond motifs is 1.